The molecule has 0 bridgehead atoms. The molecule has 0 N–H and O–H groups in total. The monoisotopic (exact) mass is 325 g/mol. The standard InChI is InChI=1S/C21H27NO2/c1-16-8-6-9-17(2)21(16)22(15-19-12-7-13-24-19)20(23)14-18-10-4-3-5-11-18/h6-9,12-13,18H,3-5,10-11,14-15H2,1-2H3. The largest absolute Gasteiger partial charge is 0.467 e. The molecule has 3 nitrogen and oxygen atoms in total. The van der Waals surface area contributed by atoms with Gasteiger partial charge in [0.2, 0.25) is 5.91 Å². The van der Waals surface area contributed by atoms with Crippen molar-refractivity contribution in [3.05, 3.63) is 53.5 Å². The van der Waals surface area contributed by atoms with Crippen molar-refractivity contribution in [2.24, 2.45) is 5.92 Å². The lowest BCUT2D eigenvalue weighted by atomic mass is 9.86. The summed E-state index contributed by atoms with van der Waals surface area (Å²) >= 11 is 0. The number of carbonyl (C=O) groups is 1. The Hall–Kier alpha value is -2.03. The van der Waals surface area contributed by atoms with Crippen LogP contribution >= 0.6 is 0 Å². The van der Waals surface area contributed by atoms with Gasteiger partial charge in [-0.25, -0.2) is 0 Å². The van der Waals surface area contributed by atoms with Crippen molar-refractivity contribution in [2.45, 2.75) is 58.9 Å². The van der Waals surface area contributed by atoms with E-state index in [0.29, 0.717) is 18.9 Å². The highest BCUT2D eigenvalue weighted by atomic mass is 16.3. The zero-order chi connectivity index (χ0) is 16.9. The summed E-state index contributed by atoms with van der Waals surface area (Å²) in [6.07, 6.45) is 8.54. The van der Waals surface area contributed by atoms with Gasteiger partial charge in [0, 0.05) is 12.1 Å². The van der Waals surface area contributed by atoms with E-state index in [2.05, 4.69) is 26.0 Å². The number of hydrogen-bond donors (Lipinski definition) is 0. The number of hydrogen-bond acceptors (Lipinski definition) is 2. The molecule has 0 spiro atoms. The number of anilines is 1. The number of aryl methyl sites for hydroxylation is 2. The van der Waals surface area contributed by atoms with Gasteiger partial charge in [0.25, 0.3) is 0 Å². The van der Waals surface area contributed by atoms with Crippen LogP contribution < -0.4 is 4.90 Å². The Bertz CT molecular complexity index is 649. The summed E-state index contributed by atoms with van der Waals surface area (Å²) in [5, 5.41) is 0. The minimum absolute atomic E-state index is 0.218. The molecule has 1 saturated carbocycles. The molecule has 1 heterocycles. The molecule has 24 heavy (non-hydrogen) atoms. The van der Waals surface area contributed by atoms with Crippen molar-refractivity contribution < 1.29 is 9.21 Å². The molecule has 1 aromatic heterocycles. The van der Waals surface area contributed by atoms with Crippen LogP contribution in [0, 0.1) is 19.8 Å². The summed E-state index contributed by atoms with van der Waals surface area (Å²) < 4.78 is 5.51. The average molecular weight is 325 g/mol. The highest BCUT2D eigenvalue weighted by Gasteiger charge is 2.24. The van der Waals surface area contributed by atoms with E-state index in [4.69, 9.17) is 4.42 Å². The normalized spacial score (nSPS) is 15.4. The molecule has 3 rings (SSSR count). The first-order chi connectivity index (χ1) is 11.6. The van der Waals surface area contributed by atoms with Crippen molar-refractivity contribution in [2.75, 3.05) is 4.90 Å². The van der Waals surface area contributed by atoms with Crippen LogP contribution in [-0.4, -0.2) is 5.91 Å². The fourth-order valence-electron chi connectivity index (χ4n) is 3.83. The van der Waals surface area contributed by atoms with E-state index in [0.717, 1.165) is 22.6 Å². The van der Waals surface area contributed by atoms with E-state index in [9.17, 15) is 4.79 Å². The zero-order valence-corrected chi connectivity index (χ0v) is 14.8. The second-order valence-electron chi connectivity index (χ2n) is 7.01. The predicted molar refractivity (Wildman–Crippen MR) is 97.0 cm³/mol. The molecule has 2 aromatic rings. The van der Waals surface area contributed by atoms with Gasteiger partial charge >= 0.3 is 0 Å². The molecule has 1 aromatic carbocycles. The third-order valence-corrected chi connectivity index (χ3v) is 5.09. The van der Waals surface area contributed by atoms with Crippen LogP contribution in [0.2, 0.25) is 0 Å². The molecule has 1 fully saturated rings. The van der Waals surface area contributed by atoms with Crippen LogP contribution in [-0.2, 0) is 11.3 Å². The maximum absolute atomic E-state index is 13.1. The van der Waals surface area contributed by atoms with Gasteiger partial charge in [-0.15, -0.1) is 0 Å². The highest BCUT2D eigenvalue weighted by molar-refractivity contribution is 5.95. The SMILES string of the molecule is Cc1cccc(C)c1N(Cc1ccco1)C(=O)CC1CCCCC1. The maximum Gasteiger partial charge on any atom is 0.227 e. The quantitative estimate of drug-likeness (QED) is 0.737. The van der Waals surface area contributed by atoms with Gasteiger partial charge in [0.05, 0.1) is 12.8 Å². The molecule has 0 radical (unpaired) electrons. The molecular formula is C21H27NO2. The Labute approximate surface area is 144 Å². The second-order valence-corrected chi connectivity index (χ2v) is 7.01. The van der Waals surface area contributed by atoms with Crippen LogP contribution in [0.25, 0.3) is 0 Å². The van der Waals surface area contributed by atoms with E-state index in [1.807, 2.05) is 23.1 Å². The van der Waals surface area contributed by atoms with E-state index >= 15 is 0 Å². The smallest absolute Gasteiger partial charge is 0.227 e. The van der Waals surface area contributed by atoms with Gasteiger partial charge in [-0.05, 0) is 55.9 Å². The van der Waals surface area contributed by atoms with Gasteiger partial charge in [0.1, 0.15) is 5.76 Å². The van der Waals surface area contributed by atoms with Crippen molar-refractivity contribution in [3.8, 4) is 0 Å². The molecule has 3 heteroatoms. The first-order valence-corrected chi connectivity index (χ1v) is 9.04. The summed E-state index contributed by atoms with van der Waals surface area (Å²) in [5.41, 5.74) is 3.31. The van der Waals surface area contributed by atoms with E-state index in [1.54, 1.807) is 6.26 Å². The number of furan rings is 1. The Balaban J connectivity index is 1.85. The summed E-state index contributed by atoms with van der Waals surface area (Å²) in [5.74, 6) is 1.58. The van der Waals surface area contributed by atoms with Crippen molar-refractivity contribution in [1.29, 1.82) is 0 Å². The summed E-state index contributed by atoms with van der Waals surface area (Å²) in [7, 11) is 0. The Kier molecular flexibility index (Phi) is 5.39. The summed E-state index contributed by atoms with van der Waals surface area (Å²) in [6.45, 7) is 4.65. The van der Waals surface area contributed by atoms with Crippen LogP contribution in [0.1, 0.15) is 55.4 Å². The first-order valence-electron chi connectivity index (χ1n) is 9.04. The molecule has 1 aliphatic carbocycles. The predicted octanol–water partition coefficient (Wildman–Crippen LogP) is 5.40. The summed E-state index contributed by atoms with van der Waals surface area (Å²) in [4.78, 5) is 15.1. The lowest BCUT2D eigenvalue weighted by molar-refractivity contribution is -0.120. The van der Waals surface area contributed by atoms with Gasteiger partial charge in [-0.3, -0.25) is 4.79 Å². The van der Waals surface area contributed by atoms with Crippen LogP contribution in [0.3, 0.4) is 0 Å². The lowest BCUT2D eigenvalue weighted by Gasteiger charge is -2.28. The maximum atomic E-state index is 13.1. The molecule has 0 aliphatic heterocycles. The molecule has 1 aliphatic rings. The number of nitrogens with zero attached hydrogens (tertiary/aromatic N) is 1. The Morgan fingerprint density at radius 3 is 2.42 bits per heavy atom. The molecule has 0 saturated heterocycles. The number of para-hydroxylation sites is 1. The van der Waals surface area contributed by atoms with Crippen molar-refractivity contribution >= 4 is 11.6 Å². The van der Waals surface area contributed by atoms with E-state index < -0.39 is 0 Å². The number of amides is 1. The van der Waals surface area contributed by atoms with Gasteiger partial charge in [-0.1, -0.05) is 37.5 Å². The van der Waals surface area contributed by atoms with Gasteiger partial charge < -0.3 is 9.32 Å². The molecular weight excluding hydrogens is 298 g/mol. The first kappa shape index (κ1) is 16.8. The molecule has 0 unspecified atom stereocenters. The van der Waals surface area contributed by atoms with Gasteiger partial charge in [-0.2, -0.15) is 0 Å². The lowest BCUT2D eigenvalue weighted by Crippen LogP contribution is -2.33. The van der Waals surface area contributed by atoms with E-state index in [-0.39, 0.29) is 5.91 Å². The third-order valence-electron chi connectivity index (χ3n) is 5.09. The van der Waals surface area contributed by atoms with Crippen LogP contribution in [0.5, 0.6) is 0 Å². The minimum atomic E-state index is 0.218. The minimum Gasteiger partial charge on any atom is -0.467 e. The molecule has 128 valence electrons. The Morgan fingerprint density at radius 2 is 1.79 bits per heavy atom. The van der Waals surface area contributed by atoms with Crippen molar-refractivity contribution in [3.63, 3.8) is 0 Å². The van der Waals surface area contributed by atoms with E-state index in [1.165, 1.54) is 32.1 Å². The number of rotatable bonds is 5. The molecule has 1 amide bonds. The number of carbonyl (C=O) groups excluding carboxylic acids is 1. The van der Waals surface area contributed by atoms with Crippen LogP contribution in [0.4, 0.5) is 5.69 Å². The number of benzene rings is 1. The third kappa shape index (κ3) is 3.89. The Morgan fingerprint density at radius 1 is 1.08 bits per heavy atom. The van der Waals surface area contributed by atoms with Gasteiger partial charge in [0.15, 0.2) is 0 Å². The average Bonchev–Trinajstić information content (AvgIpc) is 3.08. The summed E-state index contributed by atoms with van der Waals surface area (Å²) in [6, 6.07) is 10.0. The fourth-order valence-corrected chi connectivity index (χ4v) is 3.83. The fraction of sp³-hybridized carbons (Fsp3) is 0.476. The zero-order valence-electron chi connectivity index (χ0n) is 14.8. The van der Waals surface area contributed by atoms with Crippen LogP contribution in [0.15, 0.2) is 41.0 Å². The topological polar surface area (TPSA) is 33.5 Å². The van der Waals surface area contributed by atoms with Crippen molar-refractivity contribution in [1.82, 2.24) is 0 Å². The second kappa shape index (κ2) is 7.69. The molecule has 0 atom stereocenters. The highest BCUT2D eigenvalue weighted by Crippen LogP contribution is 2.31.